The van der Waals surface area contributed by atoms with Crippen molar-refractivity contribution in [2.75, 3.05) is 5.32 Å². The van der Waals surface area contributed by atoms with Crippen LogP contribution in [0.2, 0.25) is 0 Å². The Bertz CT molecular complexity index is 1190. The highest BCUT2D eigenvalue weighted by molar-refractivity contribution is 7.15. The number of carbonyl (C=O) groups excluding carboxylic acids is 1. The number of nitrogens with one attached hydrogen (secondary N) is 1. The van der Waals surface area contributed by atoms with E-state index in [1.165, 1.54) is 0 Å². The lowest BCUT2D eigenvalue weighted by Gasteiger charge is -2.07. The molecule has 0 atom stereocenters. The molecule has 0 spiro atoms. The minimum Gasteiger partial charge on any atom is -0.489 e. The monoisotopic (exact) mass is 447 g/mol. The van der Waals surface area contributed by atoms with Gasteiger partial charge in [0.2, 0.25) is 5.01 Å². The normalized spacial score (nSPS) is 11.2. The lowest BCUT2D eigenvalue weighted by Crippen LogP contribution is -2.11. The van der Waals surface area contributed by atoms with Gasteiger partial charge >= 0.3 is 0 Å². The summed E-state index contributed by atoms with van der Waals surface area (Å²) in [6, 6.07) is 26.8. The molecule has 31 heavy (non-hydrogen) atoms. The van der Waals surface area contributed by atoms with Crippen LogP contribution >= 0.6 is 22.9 Å². The molecule has 154 valence electrons. The summed E-state index contributed by atoms with van der Waals surface area (Å²) in [6.45, 7) is 0.484. The fraction of sp³-hybridized carbons (Fsp3) is 0.0417. The number of rotatable bonds is 7. The van der Waals surface area contributed by atoms with Gasteiger partial charge in [0.1, 0.15) is 12.4 Å². The molecule has 0 fully saturated rings. The SMILES string of the molecule is O=C(Nc1ccccc1)c1nnc(C(Cl)=Cc2cccc(OCc3ccccc3)c2)s1. The quantitative estimate of drug-likeness (QED) is 0.371. The molecule has 0 saturated heterocycles. The van der Waals surface area contributed by atoms with Crippen molar-refractivity contribution in [1.82, 2.24) is 10.2 Å². The number of anilines is 1. The molecule has 1 heterocycles. The Labute approximate surface area is 189 Å². The maximum atomic E-state index is 12.4. The van der Waals surface area contributed by atoms with Gasteiger partial charge in [-0.05, 0) is 41.5 Å². The van der Waals surface area contributed by atoms with E-state index in [1.54, 1.807) is 18.2 Å². The van der Waals surface area contributed by atoms with Gasteiger partial charge in [0.05, 0.1) is 5.03 Å². The van der Waals surface area contributed by atoms with Crippen molar-refractivity contribution in [2.24, 2.45) is 0 Å². The highest BCUT2D eigenvalue weighted by Gasteiger charge is 2.15. The van der Waals surface area contributed by atoms with Crippen LogP contribution < -0.4 is 10.1 Å². The minimum absolute atomic E-state index is 0.241. The molecule has 3 aromatic carbocycles. The third-order valence-electron chi connectivity index (χ3n) is 4.26. The zero-order chi connectivity index (χ0) is 21.5. The third kappa shape index (κ3) is 5.78. The Hall–Kier alpha value is -3.48. The van der Waals surface area contributed by atoms with Crippen molar-refractivity contribution < 1.29 is 9.53 Å². The lowest BCUT2D eigenvalue weighted by molar-refractivity contribution is 0.102. The van der Waals surface area contributed by atoms with Gasteiger partial charge in [-0.15, -0.1) is 10.2 Å². The fourth-order valence-electron chi connectivity index (χ4n) is 2.76. The lowest BCUT2D eigenvalue weighted by atomic mass is 10.2. The van der Waals surface area contributed by atoms with Crippen LogP contribution in [0, 0.1) is 0 Å². The van der Waals surface area contributed by atoms with Crippen molar-refractivity contribution >= 4 is 45.6 Å². The van der Waals surface area contributed by atoms with Crippen molar-refractivity contribution in [3.63, 3.8) is 0 Å². The largest absolute Gasteiger partial charge is 0.489 e. The zero-order valence-electron chi connectivity index (χ0n) is 16.4. The Morgan fingerprint density at radius 3 is 2.42 bits per heavy atom. The summed E-state index contributed by atoms with van der Waals surface area (Å²) >= 11 is 7.57. The van der Waals surface area contributed by atoms with E-state index in [2.05, 4.69) is 15.5 Å². The fourth-order valence-corrected chi connectivity index (χ4v) is 3.69. The molecular formula is C24H18ClN3O2S. The number of para-hydroxylation sites is 1. The number of hydrogen-bond acceptors (Lipinski definition) is 5. The average Bonchev–Trinajstić information content (AvgIpc) is 3.30. The van der Waals surface area contributed by atoms with E-state index in [0.29, 0.717) is 22.3 Å². The average molecular weight is 448 g/mol. The van der Waals surface area contributed by atoms with Crippen LogP contribution in [0.25, 0.3) is 11.1 Å². The summed E-state index contributed by atoms with van der Waals surface area (Å²) < 4.78 is 5.86. The maximum absolute atomic E-state index is 12.4. The molecule has 1 amide bonds. The summed E-state index contributed by atoms with van der Waals surface area (Å²) in [6.07, 6.45) is 1.77. The van der Waals surface area contributed by atoms with Crippen LogP contribution in [-0.4, -0.2) is 16.1 Å². The molecule has 4 rings (SSSR count). The number of aromatic nitrogens is 2. The van der Waals surface area contributed by atoms with E-state index in [1.807, 2.05) is 72.8 Å². The minimum atomic E-state index is -0.323. The molecule has 1 aromatic heterocycles. The Morgan fingerprint density at radius 1 is 0.935 bits per heavy atom. The van der Waals surface area contributed by atoms with Gasteiger partial charge in [-0.1, -0.05) is 83.6 Å². The number of halogens is 1. The molecule has 0 unspecified atom stereocenters. The van der Waals surface area contributed by atoms with Crippen LogP contribution in [0.15, 0.2) is 84.9 Å². The van der Waals surface area contributed by atoms with Gasteiger partial charge in [0.15, 0.2) is 5.01 Å². The van der Waals surface area contributed by atoms with Gasteiger partial charge in [-0.25, -0.2) is 0 Å². The first-order valence-corrected chi connectivity index (χ1v) is 10.7. The molecule has 0 aliphatic carbocycles. The summed E-state index contributed by atoms with van der Waals surface area (Å²) in [4.78, 5) is 12.4. The van der Waals surface area contributed by atoms with E-state index in [4.69, 9.17) is 16.3 Å². The van der Waals surface area contributed by atoms with Crippen LogP contribution in [0.5, 0.6) is 5.75 Å². The predicted octanol–water partition coefficient (Wildman–Crippen LogP) is 6.11. The summed E-state index contributed by atoms with van der Waals surface area (Å²) in [5, 5.41) is 11.9. The van der Waals surface area contributed by atoms with E-state index in [9.17, 15) is 4.79 Å². The summed E-state index contributed by atoms with van der Waals surface area (Å²) in [7, 11) is 0. The standard InChI is InChI=1S/C24H18ClN3O2S/c25-21(23-27-28-24(31-23)22(29)26-19-11-5-2-6-12-19)15-18-10-7-13-20(14-18)30-16-17-8-3-1-4-9-17/h1-15H,16H2,(H,26,29). The molecule has 0 aliphatic heterocycles. The van der Waals surface area contributed by atoms with Crippen LogP contribution in [0.4, 0.5) is 5.69 Å². The smallest absolute Gasteiger partial charge is 0.286 e. The third-order valence-corrected chi connectivity index (χ3v) is 5.61. The van der Waals surface area contributed by atoms with Crippen LogP contribution in [-0.2, 0) is 6.61 Å². The van der Waals surface area contributed by atoms with Crippen LogP contribution in [0.1, 0.15) is 25.9 Å². The van der Waals surface area contributed by atoms with Crippen LogP contribution in [0.3, 0.4) is 0 Å². The molecule has 0 bridgehead atoms. The molecular weight excluding hydrogens is 430 g/mol. The molecule has 5 nitrogen and oxygen atoms in total. The highest BCUT2D eigenvalue weighted by Crippen LogP contribution is 2.27. The van der Waals surface area contributed by atoms with Gasteiger partial charge in [0.25, 0.3) is 5.91 Å². The topological polar surface area (TPSA) is 64.1 Å². The van der Waals surface area contributed by atoms with Gasteiger partial charge < -0.3 is 10.1 Å². The Morgan fingerprint density at radius 2 is 1.65 bits per heavy atom. The Kier molecular flexibility index (Phi) is 6.72. The summed E-state index contributed by atoms with van der Waals surface area (Å²) in [5.74, 6) is 0.415. The zero-order valence-corrected chi connectivity index (χ0v) is 17.9. The molecule has 0 aliphatic rings. The second-order valence-corrected chi connectivity index (χ2v) is 7.96. The Balaban J connectivity index is 1.43. The van der Waals surface area contributed by atoms with E-state index in [0.717, 1.165) is 28.2 Å². The number of nitrogens with zero attached hydrogens (tertiary/aromatic N) is 2. The molecule has 0 saturated carbocycles. The van der Waals surface area contributed by atoms with Crippen molar-refractivity contribution in [1.29, 1.82) is 0 Å². The van der Waals surface area contributed by atoms with Gasteiger partial charge in [-0.2, -0.15) is 0 Å². The van der Waals surface area contributed by atoms with E-state index >= 15 is 0 Å². The van der Waals surface area contributed by atoms with Crippen molar-refractivity contribution in [2.45, 2.75) is 6.61 Å². The molecule has 0 radical (unpaired) electrons. The number of benzene rings is 3. The number of ether oxygens (including phenoxy) is 1. The maximum Gasteiger partial charge on any atom is 0.286 e. The molecule has 1 N–H and O–H groups in total. The first-order valence-electron chi connectivity index (χ1n) is 9.52. The molecule has 4 aromatic rings. The van der Waals surface area contributed by atoms with Gasteiger partial charge in [-0.3, -0.25) is 4.79 Å². The van der Waals surface area contributed by atoms with Crippen molar-refractivity contribution in [3.8, 4) is 5.75 Å². The second kappa shape index (κ2) is 10.0. The van der Waals surface area contributed by atoms with E-state index in [-0.39, 0.29) is 10.9 Å². The summed E-state index contributed by atoms with van der Waals surface area (Å²) in [5.41, 5.74) is 2.65. The number of carbonyl (C=O) groups is 1. The highest BCUT2D eigenvalue weighted by atomic mass is 35.5. The first kappa shape index (κ1) is 20.8. The number of amides is 1. The second-order valence-electron chi connectivity index (χ2n) is 6.57. The van der Waals surface area contributed by atoms with E-state index < -0.39 is 0 Å². The predicted molar refractivity (Wildman–Crippen MR) is 125 cm³/mol. The van der Waals surface area contributed by atoms with Crippen molar-refractivity contribution in [3.05, 3.63) is 106 Å². The number of hydrogen-bond donors (Lipinski definition) is 1. The van der Waals surface area contributed by atoms with Gasteiger partial charge in [0, 0.05) is 5.69 Å². The molecule has 7 heteroatoms. The first-order chi connectivity index (χ1) is 15.2.